The Bertz CT molecular complexity index is 958. The lowest BCUT2D eigenvalue weighted by Crippen LogP contribution is -2.39. The second-order valence-corrected chi connectivity index (χ2v) is 8.23. The predicted octanol–water partition coefficient (Wildman–Crippen LogP) is 5.76. The molecule has 1 amide bonds. The van der Waals surface area contributed by atoms with Crippen LogP contribution in [0.25, 0.3) is 10.2 Å². The fourth-order valence-corrected chi connectivity index (χ4v) is 4.84. The minimum Gasteiger partial charge on any atom is -0.338 e. The van der Waals surface area contributed by atoms with Crippen molar-refractivity contribution >= 4 is 50.7 Å². The van der Waals surface area contributed by atoms with Gasteiger partial charge >= 0.3 is 0 Å². The molecule has 26 heavy (non-hydrogen) atoms. The van der Waals surface area contributed by atoms with E-state index in [2.05, 4.69) is 6.07 Å². The largest absolute Gasteiger partial charge is 0.338 e. The molecule has 0 unspecified atom stereocenters. The summed E-state index contributed by atoms with van der Waals surface area (Å²) in [5, 5.41) is 1.12. The number of fused-ring (bicyclic) bond motifs is 1. The van der Waals surface area contributed by atoms with Crippen LogP contribution < -0.4 is 0 Å². The maximum atomic E-state index is 13.8. The van der Waals surface area contributed by atoms with Crippen molar-refractivity contribution < 1.29 is 9.18 Å². The van der Waals surface area contributed by atoms with Crippen molar-refractivity contribution in [1.82, 2.24) is 9.88 Å². The van der Waals surface area contributed by atoms with E-state index < -0.39 is 5.82 Å². The number of thiazole rings is 1. The number of halogens is 3. The molecule has 0 N–H and O–H groups in total. The molecule has 1 saturated heterocycles. The van der Waals surface area contributed by atoms with Gasteiger partial charge in [-0.3, -0.25) is 4.79 Å². The van der Waals surface area contributed by atoms with Gasteiger partial charge in [-0.1, -0.05) is 35.3 Å². The second kappa shape index (κ2) is 7.14. The quantitative estimate of drug-likeness (QED) is 0.504. The van der Waals surface area contributed by atoms with Gasteiger partial charge in [0, 0.05) is 19.0 Å². The third-order valence-corrected chi connectivity index (χ3v) is 6.41. The molecule has 0 radical (unpaired) electrons. The number of amides is 1. The number of carbonyl (C=O) groups is 1. The lowest BCUT2D eigenvalue weighted by molar-refractivity contribution is 0.0707. The molecule has 1 aliphatic rings. The lowest BCUT2D eigenvalue weighted by Gasteiger charge is -2.32. The average molecular weight is 409 g/mol. The zero-order chi connectivity index (χ0) is 18.3. The van der Waals surface area contributed by atoms with Crippen LogP contribution in [0.2, 0.25) is 10.0 Å². The van der Waals surface area contributed by atoms with Gasteiger partial charge in [0.15, 0.2) is 0 Å². The number of hydrogen-bond donors (Lipinski definition) is 0. The molecule has 0 spiro atoms. The van der Waals surface area contributed by atoms with E-state index in [0.29, 0.717) is 13.1 Å². The molecular formula is C19H15Cl2FN2OS. The Morgan fingerprint density at radius 2 is 2.04 bits per heavy atom. The Morgan fingerprint density at radius 3 is 2.85 bits per heavy atom. The highest BCUT2D eigenvalue weighted by atomic mass is 35.5. The van der Waals surface area contributed by atoms with Crippen molar-refractivity contribution in [1.29, 1.82) is 0 Å². The molecule has 0 saturated carbocycles. The molecule has 7 heteroatoms. The van der Waals surface area contributed by atoms with E-state index in [0.717, 1.165) is 34.1 Å². The first-order valence-electron chi connectivity index (χ1n) is 8.32. The number of likely N-dealkylation sites (tertiary alicyclic amines) is 1. The van der Waals surface area contributed by atoms with Gasteiger partial charge < -0.3 is 4.90 Å². The average Bonchev–Trinajstić information content (AvgIpc) is 3.08. The van der Waals surface area contributed by atoms with Gasteiger partial charge in [-0.25, -0.2) is 9.37 Å². The number of rotatable bonds is 2. The molecule has 2 heterocycles. The number of benzene rings is 2. The van der Waals surface area contributed by atoms with Gasteiger partial charge in [0.25, 0.3) is 5.91 Å². The smallest absolute Gasteiger partial charge is 0.255 e. The number of hydrogen-bond acceptors (Lipinski definition) is 3. The molecule has 1 aliphatic heterocycles. The summed E-state index contributed by atoms with van der Waals surface area (Å²) in [6.07, 6.45) is 1.85. The third-order valence-electron chi connectivity index (χ3n) is 4.61. The van der Waals surface area contributed by atoms with Gasteiger partial charge in [0.1, 0.15) is 5.82 Å². The summed E-state index contributed by atoms with van der Waals surface area (Å²) < 4.78 is 14.9. The molecule has 3 aromatic rings. The molecule has 2 aromatic carbocycles. The van der Waals surface area contributed by atoms with Crippen molar-refractivity contribution in [2.75, 3.05) is 13.1 Å². The minimum absolute atomic E-state index is 0.0856. The summed E-state index contributed by atoms with van der Waals surface area (Å²) in [7, 11) is 0. The number of aromatic nitrogens is 1. The van der Waals surface area contributed by atoms with Crippen molar-refractivity contribution in [2.24, 2.45) is 0 Å². The van der Waals surface area contributed by atoms with Gasteiger partial charge in [-0.2, -0.15) is 0 Å². The van der Waals surface area contributed by atoms with E-state index in [9.17, 15) is 9.18 Å². The highest BCUT2D eigenvalue weighted by Gasteiger charge is 2.29. The molecule has 1 aromatic heterocycles. The van der Waals surface area contributed by atoms with Crippen LogP contribution in [0.1, 0.15) is 34.1 Å². The maximum Gasteiger partial charge on any atom is 0.255 e. The maximum absolute atomic E-state index is 13.8. The van der Waals surface area contributed by atoms with Gasteiger partial charge in [-0.05, 0) is 37.1 Å². The van der Waals surface area contributed by atoms with E-state index >= 15 is 0 Å². The molecular weight excluding hydrogens is 394 g/mol. The van der Waals surface area contributed by atoms with Crippen molar-refractivity contribution in [2.45, 2.75) is 18.8 Å². The zero-order valence-corrected chi connectivity index (χ0v) is 16.0. The van der Waals surface area contributed by atoms with Crippen LogP contribution in [0, 0.1) is 5.82 Å². The van der Waals surface area contributed by atoms with Crippen LogP contribution >= 0.6 is 34.5 Å². The van der Waals surface area contributed by atoms with Crippen LogP contribution in [-0.4, -0.2) is 28.9 Å². The Labute approximate surface area is 164 Å². The normalized spacial score (nSPS) is 17.7. The molecule has 1 atom stereocenters. The number of piperidine rings is 1. The third kappa shape index (κ3) is 3.31. The minimum atomic E-state index is -0.640. The Hall–Kier alpha value is -1.69. The van der Waals surface area contributed by atoms with Crippen LogP contribution in [0.4, 0.5) is 4.39 Å². The first-order valence-corrected chi connectivity index (χ1v) is 9.89. The first kappa shape index (κ1) is 17.7. The lowest BCUT2D eigenvalue weighted by atomic mass is 9.98. The molecule has 1 fully saturated rings. The summed E-state index contributed by atoms with van der Waals surface area (Å²) in [4.78, 5) is 19.3. The number of nitrogens with zero attached hydrogens (tertiary/aromatic N) is 2. The van der Waals surface area contributed by atoms with Gasteiger partial charge in [0.05, 0.1) is 30.8 Å². The number of carbonyl (C=O) groups excluding carboxylic acids is 1. The van der Waals surface area contributed by atoms with E-state index in [1.165, 1.54) is 6.07 Å². The zero-order valence-electron chi connectivity index (χ0n) is 13.7. The highest BCUT2D eigenvalue weighted by Crippen LogP contribution is 2.34. The van der Waals surface area contributed by atoms with Crippen LogP contribution in [0.5, 0.6) is 0 Å². The standard InChI is InChI=1S/C19H15Cl2FN2OS/c20-13-9-14(21)15(22)8-12(13)19(25)24-7-3-4-11(10-24)18-23-16-5-1-2-6-17(16)26-18/h1-2,5-6,8-9,11H,3-4,7,10H2/t11-/m1/s1. The summed E-state index contributed by atoms with van der Waals surface area (Å²) in [5.41, 5.74) is 1.14. The van der Waals surface area contributed by atoms with Gasteiger partial charge in [0.2, 0.25) is 0 Å². The van der Waals surface area contributed by atoms with E-state index in [-0.39, 0.29) is 27.4 Å². The van der Waals surface area contributed by atoms with Gasteiger partial charge in [-0.15, -0.1) is 11.3 Å². The molecule has 3 nitrogen and oxygen atoms in total. The Kier molecular flexibility index (Phi) is 4.86. The molecule has 0 aliphatic carbocycles. The fraction of sp³-hybridized carbons (Fsp3) is 0.263. The molecule has 134 valence electrons. The molecule has 0 bridgehead atoms. The van der Waals surface area contributed by atoms with Crippen LogP contribution in [0.3, 0.4) is 0 Å². The van der Waals surface area contributed by atoms with Crippen LogP contribution in [-0.2, 0) is 0 Å². The van der Waals surface area contributed by atoms with E-state index in [1.54, 1.807) is 16.2 Å². The van der Waals surface area contributed by atoms with Crippen LogP contribution in [0.15, 0.2) is 36.4 Å². The number of para-hydroxylation sites is 1. The Morgan fingerprint density at radius 1 is 1.23 bits per heavy atom. The van der Waals surface area contributed by atoms with Crippen molar-refractivity contribution in [3.8, 4) is 0 Å². The monoisotopic (exact) mass is 408 g/mol. The second-order valence-electron chi connectivity index (χ2n) is 6.36. The highest BCUT2D eigenvalue weighted by molar-refractivity contribution is 7.18. The van der Waals surface area contributed by atoms with Crippen molar-refractivity contribution in [3.63, 3.8) is 0 Å². The fourth-order valence-electron chi connectivity index (χ4n) is 3.28. The van der Waals surface area contributed by atoms with E-state index in [1.807, 2.05) is 18.2 Å². The van der Waals surface area contributed by atoms with Crippen molar-refractivity contribution in [3.05, 3.63) is 62.8 Å². The predicted molar refractivity (Wildman–Crippen MR) is 104 cm³/mol. The topological polar surface area (TPSA) is 33.2 Å². The summed E-state index contributed by atoms with van der Waals surface area (Å²) in [5.74, 6) is -0.725. The molecule has 4 rings (SSSR count). The first-order chi connectivity index (χ1) is 12.5. The summed E-state index contributed by atoms with van der Waals surface area (Å²) in [6.45, 7) is 1.18. The van der Waals surface area contributed by atoms with E-state index in [4.69, 9.17) is 28.2 Å². The summed E-state index contributed by atoms with van der Waals surface area (Å²) in [6, 6.07) is 10.4. The SMILES string of the molecule is O=C(c1cc(F)c(Cl)cc1Cl)N1CCC[C@@H](c2nc3ccccc3s2)C1. The summed E-state index contributed by atoms with van der Waals surface area (Å²) >= 11 is 13.5. The Balaban J connectivity index is 1.58.